The van der Waals surface area contributed by atoms with E-state index in [-0.39, 0.29) is 12.5 Å². The minimum Gasteiger partial charge on any atom is -0.493 e. The van der Waals surface area contributed by atoms with E-state index < -0.39 is 5.25 Å². The molecule has 4 nitrogen and oxygen atoms in total. The van der Waals surface area contributed by atoms with E-state index in [2.05, 4.69) is 17.8 Å². The molecule has 0 aliphatic carbocycles. The standard InChI is InChI=1S/C23H23Cl2NO3S/c1-4-12-29-20-9-6-16(14-21(20)28-3)10-11-26-23(27)22(30-13-5-2)17-7-8-18(24)19(25)15-17/h1,5-9,14-15,22H,2,10-13H2,3H3,(H,26,27). The van der Waals surface area contributed by atoms with Crippen LogP contribution in [0.5, 0.6) is 11.5 Å². The van der Waals surface area contributed by atoms with E-state index in [1.807, 2.05) is 24.3 Å². The number of hydrogen-bond donors (Lipinski definition) is 1. The van der Waals surface area contributed by atoms with Gasteiger partial charge < -0.3 is 14.8 Å². The Morgan fingerprint density at radius 3 is 2.73 bits per heavy atom. The third-order valence-electron chi connectivity index (χ3n) is 4.12. The molecule has 0 bridgehead atoms. The van der Waals surface area contributed by atoms with Gasteiger partial charge in [-0.15, -0.1) is 24.8 Å². The zero-order chi connectivity index (χ0) is 21.9. The summed E-state index contributed by atoms with van der Waals surface area (Å²) < 4.78 is 10.8. The molecule has 0 saturated carbocycles. The molecule has 0 fully saturated rings. The molecular formula is C23H23Cl2NO3S. The number of ether oxygens (including phenoxy) is 2. The number of nitrogens with one attached hydrogen (secondary N) is 1. The van der Waals surface area contributed by atoms with Gasteiger partial charge in [0.15, 0.2) is 11.5 Å². The smallest absolute Gasteiger partial charge is 0.237 e. The lowest BCUT2D eigenvalue weighted by Crippen LogP contribution is -2.30. The maximum absolute atomic E-state index is 12.8. The Kier molecular flexibility index (Phi) is 9.96. The molecule has 1 N–H and O–H groups in total. The highest BCUT2D eigenvalue weighted by Gasteiger charge is 2.21. The average Bonchev–Trinajstić information content (AvgIpc) is 2.75. The summed E-state index contributed by atoms with van der Waals surface area (Å²) in [5.41, 5.74) is 1.80. The lowest BCUT2D eigenvalue weighted by atomic mass is 10.1. The van der Waals surface area contributed by atoms with Gasteiger partial charge in [-0.05, 0) is 41.8 Å². The van der Waals surface area contributed by atoms with Crippen LogP contribution in [0.1, 0.15) is 16.4 Å². The van der Waals surface area contributed by atoms with E-state index in [0.717, 1.165) is 11.1 Å². The van der Waals surface area contributed by atoms with Crippen molar-refractivity contribution in [3.63, 3.8) is 0 Å². The van der Waals surface area contributed by atoms with Crippen LogP contribution in [-0.4, -0.2) is 31.9 Å². The van der Waals surface area contributed by atoms with Crippen molar-refractivity contribution in [2.45, 2.75) is 11.7 Å². The molecule has 7 heteroatoms. The molecule has 0 spiro atoms. The van der Waals surface area contributed by atoms with Gasteiger partial charge in [-0.2, -0.15) is 0 Å². The van der Waals surface area contributed by atoms with Crippen LogP contribution < -0.4 is 14.8 Å². The first kappa shape index (κ1) is 24.0. The minimum absolute atomic E-state index is 0.0961. The molecule has 0 aromatic heterocycles. The number of carbonyl (C=O) groups is 1. The van der Waals surface area contributed by atoms with Gasteiger partial charge in [0.2, 0.25) is 5.91 Å². The highest BCUT2D eigenvalue weighted by Crippen LogP contribution is 2.33. The van der Waals surface area contributed by atoms with Gasteiger partial charge in [0, 0.05) is 12.3 Å². The summed E-state index contributed by atoms with van der Waals surface area (Å²) in [7, 11) is 1.57. The topological polar surface area (TPSA) is 47.6 Å². The Morgan fingerprint density at radius 2 is 2.07 bits per heavy atom. The molecule has 2 rings (SSSR count). The van der Waals surface area contributed by atoms with Crippen LogP contribution in [0.4, 0.5) is 0 Å². The van der Waals surface area contributed by atoms with Crippen LogP contribution >= 0.6 is 35.0 Å². The summed E-state index contributed by atoms with van der Waals surface area (Å²) >= 11 is 13.6. The van der Waals surface area contributed by atoms with Crippen LogP contribution in [0, 0.1) is 12.3 Å². The van der Waals surface area contributed by atoms with Crippen LogP contribution in [0.25, 0.3) is 0 Å². The van der Waals surface area contributed by atoms with Gasteiger partial charge in [0.25, 0.3) is 0 Å². The van der Waals surface area contributed by atoms with Crippen molar-refractivity contribution in [3.8, 4) is 23.8 Å². The normalized spacial score (nSPS) is 11.3. The van der Waals surface area contributed by atoms with Gasteiger partial charge in [0.05, 0.1) is 17.2 Å². The van der Waals surface area contributed by atoms with Crippen LogP contribution in [0.3, 0.4) is 0 Å². The third-order valence-corrected chi connectivity index (χ3v) is 6.10. The quantitative estimate of drug-likeness (QED) is 0.361. The van der Waals surface area contributed by atoms with E-state index in [4.69, 9.17) is 39.1 Å². The Bertz CT molecular complexity index is 927. The Morgan fingerprint density at radius 1 is 1.27 bits per heavy atom. The summed E-state index contributed by atoms with van der Waals surface area (Å²) in [6.07, 6.45) is 7.63. The molecule has 30 heavy (non-hydrogen) atoms. The maximum atomic E-state index is 12.8. The fraction of sp³-hybridized carbons (Fsp3) is 0.261. The average molecular weight is 464 g/mol. The summed E-state index contributed by atoms with van der Waals surface area (Å²) in [6, 6.07) is 10.8. The van der Waals surface area contributed by atoms with E-state index in [9.17, 15) is 4.79 Å². The largest absolute Gasteiger partial charge is 0.493 e. The monoisotopic (exact) mass is 463 g/mol. The molecule has 2 aromatic carbocycles. The zero-order valence-corrected chi connectivity index (χ0v) is 18.9. The van der Waals surface area contributed by atoms with Crippen molar-refractivity contribution < 1.29 is 14.3 Å². The molecule has 0 radical (unpaired) electrons. The van der Waals surface area contributed by atoms with Crippen LogP contribution in [0.2, 0.25) is 10.0 Å². The summed E-state index contributed by atoms with van der Waals surface area (Å²) in [5, 5.41) is 3.46. The first-order chi connectivity index (χ1) is 14.5. The number of methoxy groups -OCH3 is 1. The molecule has 2 aromatic rings. The highest BCUT2D eigenvalue weighted by atomic mass is 35.5. The van der Waals surface area contributed by atoms with Gasteiger partial charge in [-0.3, -0.25) is 4.79 Å². The summed E-state index contributed by atoms with van der Waals surface area (Å²) in [4.78, 5) is 12.8. The predicted molar refractivity (Wildman–Crippen MR) is 126 cm³/mol. The summed E-state index contributed by atoms with van der Waals surface area (Å²) in [6.45, 7) is 4.37. The number of carbonyl (C=O) groups excluding carboxylic acids is 1. The second-order valence-electron chi connectivity index (χ2n) is 6.19. The number of rotatable bonds is 11. The van der Waals surface area contributed by atoms with E-state index in [1.54, 1.807) is 25.3 Å². The number of thioether (sulfide) groups is 1. The van der Waals surface area contributed by atoms with Crippen molar-refractivity contribution in [3.05, 3.63) is 70.2 Å². The maximum Gasteiger partial charge on any atom is 0.237 e. The Labute approximate surface area is 191 Å². The first-order valence-corrected chi connectivity index (χ1v) is 11.0. The van der Waals surface area contributed by atoms with Crippen molar-refractivity contribution in [1.29, 1.82) is 0 Å². The summed E-state index contributed by atoms with van der Waals surface area (Å²) in [5.74, 6) is 4.15. The third kappa shape index (κ3) is 6.91. The molecule has 0 heterocycles. The number of amides is 1. The molecule has 1 unspecified atom stereocenters. The molecule has 0 aliphatic heterocycles. The van der Waals surface area contributed by atoms with Crippen molar-refractivity contribution in [2.75, 3.05) is 26.0 Å². The van der Waals surface area contributed by atoms with Gasteiger partial charge in [-0.25, -0.2) is 0 Å². The Balaban J connectivity index is 2.02. The van der Waals surface area contributed by atoms with Crippen molar-refractivity contribution in [2.24, 2.45) is 0 Å². The number of terminal acetylenes is 1. The van der Waals surface area contributed by atoms with Gasteiger partial charge in [-0.1, -0.05) is 47.3 Å². The van der Waals surface area contributed by atoms with Crippen LogP contribution in [-0.2, 0) is 11.2 Å². The SMILES string of the molecule is C#CCOc1ccc(CCNC(=O)C(SCC=C)c2ccc(Cl)c(Cl)c2)cc1OC. The van der Waals surface area contributed by atoms with E-state index in [0.29, 0.717) is 40.3 Å². The fourth-order valence-corrected chi connectivity index (χ4v) is 3.90. The molecule has 158 valence electrons. The van der Waals surface area contributed by atoms with Crippen molar-refractivity contribution >= 4 is 40.9 Å². The second-order valence-corrected chi connectivity index (χ2v) is 8.15. The highest BCUT2D eigenvalue weighted by molar-refractivity contribution is 8.00. The number of halogens is 2. The number of hydrogen-bond acceptors (Lipinski definition) is 4. The first-order valence-electron chi connectivity index (χ1n) is 9.18. The van der Waals surface area contributed by atoms with Crippen molar-refractivity contribution in [1.82, 2.24) is 5.32 Å². The lowest BCUT2D eigenvalue weighted by Gasteiger charge is -2.17. The zero-order valence-electron chi connectivity index (χ0n) is 16.6. The molecule has 0 aliphatic rings. The molecular weight excluding hydrogens is 441 g/mol. The molecule has 1 atom stereocenters. The fourth-order valence-electron chi connectivity index (χ4n) is 2.69. The predicted octanol–water partition coefficient (Wildman–Crippen LogP) is 5.33. The minimum atomic E-state index is -0.410. The molecule has 0 saturated heterocycles. The Hall–Kier alpha value is -2.26. The van der Waals surface area contributed by atoms with Gasteiger partial charge >= 0.3 is 0 Å². The van der Waals surface area contributed by atoms with Crippen LogP contribution in [0.15, 0.2) is 49.1 Å². The lowest BCUT2D eigenvalue weighted by molar-refractivity contribution is -0.120. The number of benzene rings is 2. The second kappa shape index (κ2) is 12.4. The van der Waals surface area contributed by atoms with E-state index >= 15 is 0 Å². The van der Waals surface area contributed by atoms with Gasteiger partial charge in [0.1, 0.15) is 11.9 Å². The van der Waals surface area contributed by atoms with E-state index in [1.165, 1.54) is 11.8 Å². The molecule has 1 amide bonds.